The highest BCUT2D eigenvalue weighted by Gasteiger charge is 2.06. The zero-order chi connectivity index (χ0) is 11.3. The standard InChI is InChI=1S/C14H20O/c1-4-12-6-5-7-13(10-12)14(15)9-8-11(2)3/h5-7,10-11H,4,8-9H2,1-3H3. The van der Waals surface area contributed by atoms with Gasteiger partial charge in [0.2, 0.25) is 0 Å². The highest BCUT2D eigenvalue weighted by atomic mass is 16.1. The van der Waals surface area contributed by atoms with Crippen LogP contribution >= 0.6 is 0 Å². The van der Waals surface area contributed by atoms with Crippen molar-refractivity contribution in [2.24, 2.45) is 5.92 Å². The molecule has 1 nitrogen and oxygen atoms in total. The first kappa shape index (κ1) is 12.0. The van der Waals surface area contributed by atoms with Crippen LogP contribution < -0.4 is 0 Å². The van der Waals surface area contributed by atoms with E-state index in [1.807, 2.05) is 18.2 Å². The molecule has 0 saturated heterocycles. The summed E-state index contributed by atoms with van der Waals surface area (Å²) in [5.41, 5.74) is 2.11. The van der Waals surface area contributed by atoms with Crippen molar-refractivity contribution in [2.75, 3.05) is 0 Å². The van der Waals surface area contributed by atoms with E-state index in [4.69, 9.17) is 0 Å². The van der Waals surface area contributed by atoms with Crippen LogP contribution in [-0.4, -0.2) is 5.78 Å². The van der Waals surface area contributed by atoms with Crippen molar-refractivity contribution in [3.8, 4) is 0 Å². The van der Waals surface area contributed by atoms with E-state index < -0.39 is 0 Å². The number of carbonyl (C=O) groups excluding carboxylic acids is 1. The number of aryl methyl sites for hydroxylation is 1. The summed E-state index contributed by atoms with van der Waals surface area (Å²) in [5.74, 6) is 0.877. The molecule has 0 spiro atoms. The maximum absolute atomic E-state index is 11.8. The van der Waals surface area contributed by atoms with Crippen LogP contribution in [0.15, 0.2) is 24.3 Å². The van der Waals surface area contributed by atoms with Gasteiger partial charge in [0.05, 0.1) is 0 Å². The lowest BCUT2D eigenvalue weighted by Gasteiger charge is -2.05. The Bertz CT molecular complexity index is 326. The van der Waals surface area contributed by atoms with Gasteiger partial charge in [-0.25, -0.2) is 0 Å². The van der Waals surface area contributed by atoms with Gasteiger partial charge in [-0.3, -0.25) is 4.79 Å². The number of rotatable bonds is 5. The predicted molar refractivity (Wildman–Crippen MR) is 64.2 cm³/mol. The van der Waals surface area contributed by atoms with Gasteiger partial charge in [0.1, 0.15) is 0 Å². The molecule has 0 radical (unpaired) electrons. The third kappa shape index (κ3) is 3.86. The minimum Gasteiger partial charge on any atom is -0.294 e. The number of ketones is 1. The molecule has 15 heavy (non-hydrogen) atoms. The topological polar surface area (TPSA) is 17.1 Å². The molecule has 0 aromatic heterocycles. The van der Waals surface area contributed by atoms with Crippen LogP contribution in [0.5, 0.6) is 0 Å². The van der Waals surface area contributed by atoms with E-state index in [9.17, 15) is 4.79 Å². The molecule has 0 atom stereocenters. The Balaban J connectivity index is 2.65. The monoisotopic (exact) mass is 204 g/mol. The first-order valence-electron chi connectivity index (χ1n) is 5.75. The van der Waals surface area contributed by atoms with Crippen LogP contribution in [-0.2, 0) is 6.42 Å². The largest absolute Gasteiger partial charge is 0.294 e. The molecule has 0 N–H and O–H groups in total. The van der Waals surface area contributed by atoms with Crippen LogP contribution in [0.4, 0.5) is 0 Å². The first-order chi connectivity index (χ1) is 7.13. The molecule has 0 aliphatic heterocycles. The average molecular weight is 204 g/mol. The second-order valence-electron chi connectivity index (χ2n) is 4.41. The number of benzene rings is 1. The number of hydrogen-bond donors (Lipinski definition) is 0. The van der Waals surface area contributed by atoms with Gasteiger partial charge in [0.25, 0.3) is 0 Å². The minimum absolute atomic E-state index is 0.277. The molecule has 0 fully saturated rings. The van der Waals surface area contributed by atoms with Gasteiger partial charge in [-0.2, -0.15) is 0 Å². The van der Waals surface area contributed by atoms with Gasteiger partial charge in [-0.15, -0.1) is 0 Å². The van der Waals surface area contributed by atoms with E-state index >= 15 is 0 Å². The van der Waals surface area contributed by atoms with E-state index in [1.54, 1.807) is 0 Å². The third-order valence-corrected chi connectivity index (χ3v) is 2.61. The molecule has 1 aromatic rings. The molecular weight excluding hydrogens is 184 g/mol. The van der Waals surface area contributed by atoms with Crippen LogP contribution in [0.25, 0.3) is 0 Å². The van der Waals surface area contributed by atoms with E-state index in [1.165, 1.54) is 5.56 Å². The van der Waals surface area contributed by atoms with Gasteiger partial charge in [-0.05, 0) is 30.4 Å². The maximum atomic E-state index is 11.8. The SMILES string of the molecule is CCc1cccc(C(=O)CCC(C)C)c1. The highest BCUT2D eigenvalue weighted by Crippen LogP contribution is 2.12. The summed E-state index contributed by atoms with van der Waals surface area (Å²) in [5, 5.41) is 0. The van der Waals surface area contributed by atoms with Crippen LogP contribution in [0.2, 0.25) is 0 Å². The predicted octanol–water partition coefficient (Wildman–Crippen LogP) is 3.87. The summed E-state index contributed by atoms with van der Waals surface area (Å²) >= 11 is 0. The summed E-state index contributed by atoms with van der Waals surface area (Å²) in [6.07, 6.45) is 2.64. The van der Waals surface area contributed by atoms with Crippen molar-refractivity contribution >= 4 is 5.78 Å². The van der Waals surface area contributed by atoms with Gasteiger partial charge in [0, 0.05) is 12.0 Å². The van der Waals surface area contributed by atoms with Gasteiger partial charge >= 0.3 is 0 Å². The number of carbonyl (C=O) groups is 1. The van der Waals surface area contributed by atoms with Crippen LogP contribution in [0, 0.1) is 5.92 Å². The van der Waals surface area contributed by atoms with Crippen molar-refractivity contribution in [2.45, 2.75) is 40.0 Å². The van der Waals surface area contributed by atoms with Crippen LogP contribution in [0.1, 0.15) is 49.5 Å². The van der Waals surface area contributed by atoms with Crippen molar-refractivity contribution < 1.29 is 4.79 Å². The Hall–Kier alpha value is -1.11. The second kappa shape index (κ2) is 5.69. The second-order valence-corrected chi connectivity index (χ2v) is 4.41. The lowest BCUT2D eigenvalue weighted by Crippen LogP contribution is -2.01. The van der Waals surface area contributed by atoms with Gasteiger partial charge < -0.3 is 0 Å². The van der Waals surface area contributed by atoms with E-state index in [-0.39, 0.29) is 5.78 Å². The summed E-state index contributed by atoms with van der Waals surface area (Å²) < 4.78 is 0. The fourth-order valence-corrected chi connectivity index (χ4v) is 1.53. The fraction of sp³-hybridized carbons (Fsp3) is 0.500. The molecule has 0 amide bonds. The zero-order valence-corrected chi connectivity index (χ0v) is 9.92. The Morgan fingerprint density at radius 2 is 2.07 bits per heavy atom. The van der Waals surface area contributed by atoms with Crippen LogP contribution in [0.3, 0.4) is 0 Å². The van der Waals surface area contributed by atoms with Gasteiger partial charge in [0.15, 0.2) is 5.78 Å². The van der Waals surface area contributed by atoms with E-state index in [0.29, 0.717) is 12.3 Å². The molecule has 82 valence electrons. The van der Waals surface area contributed by atoms with E-state index in [0.717, 1.165) is 18.4 Å². The molecule has 0 aliphatic carbocycles. The molecule has 0 aliphatic rings. The first-order valence-corrected chi connectivity index (χ1v) is 5.75. The van der Waals surface area contributed by atoms with E-state index in [2.05, 4.69) is 26.8 Å². The van der Waals surface area contributed by atoms with Gasteiger partial charge in [-0.1, -0.05) is 39.0 Å². The Morgan fingerprint density at radius 3 is 2.67 bits per heavy atom. The summed E-state index contributed by atoms with van der Waals surface area (Å²) in [7, 11) is 0. The fourth-order valence-electron chi connectivity index (χ4n) is 1.53. The van der Waals surface area contributed by atoms with Crippen molar-refractivity contribution in [3.63, 3.8) is 0 Å². The highest BCUT2D eigenvalue weighted by molar-refractivity contribution is 5.96. The molecular formula is C14H20O. The molecule has 0 saturated carbocycles. The molecule has 0 unspecified atom stereocenters. The smallest absolute Gasteiger partial charge is 0.162 e. The summed E-state index contributed by atoms with van der Waals surface area (Å²) in [6.45, 7) is 6.41. The minimum atomic E-state index is 0.277. The normalized spacial score (nSPS) is 10.7. The molecule has 1 aromatic carbocycles. The average Bonchev–Trinajstić information content (AvgIpc) is 2.26. The molecule has 0 bridgehead atoms. The summed E-state index contributed by atoms with van der Waals surface area (Å²) in [6, 6.07) is 7.98. The Kier molecular flexibility index (Phi) is 4.54. The summed E-state index contributed by atoms with van der Waals surface area (Å²) in [4.78, 5) is 11.8. The molecule has 1 rings (SSSR count). The molecule has 0 heterocycles. The van der Waals surface area contributed by atoms with Crippen molar-refractivity contribution in [1.82, 2.24) is 0 Å². The zero-order valence-electron chi connectivity index (χ0n) is 9.92. The Labute approximate surface area is 92.5 Å². The number of Topliss-reactive ketones (excluding diaryl/α,β-unsaturated/α-hetero) is 1. The third-order valence-electron chi connectivity index (χ3n) is 2.61. The molecule has 1 heteroatoms. The lowest BCUT2D eigenvalue weighted by molar-refractivity contribution is 0.0975. The Morgan fingerprint density at radius 1 is 1.33 bits per heavy atom. The maximum Gasteiger partial charge on any atom is 0.162 e. The van der Waals surface area contributed by atoms with Crippen molar-refractivity contribution in [1.29, 1.82) is 0 Å². The quantitative estimate of drug-likeness (QED) is 0.665. The number of hydrogen-bond acceptors (Lipinski definition) is 1. The van der Waals surface area contributed by atoms with Crippen molar-refractivity contribution in [3.05, 3.63) is 35.4 Å². The lowest BCUT2D eigenvalue weighted by atomic mass is 9.99.